The van der Waals surface area contributed by atoms with E-state index >= 15 is 0 Å². The molecule has 0 atom stereocenters. The molecule has 0 aromatic heterocycles. The molecule has 0 saturated heterocycles. The molecular formula is C24H48O4. The van der Waals surface area contributed by atoms with Crippen molar-refractivity contribution in [2.75, 3.05) is 33.0 Å². The first-order valence-electron chi connectivity index (χ1n) is 12.1. The molecule has 168 valence electrons. The smallest absolute Gasteiger partial charge is 0.305 e. The highest BCUT2D eigenvalue weighted by molar-refractivity contribution is 5.69. The number of esters is 1. The van der Waals surface area contributed by atoms with E-state index in [4.69, 9.17) is 14.2 Å². The minimum absolute atomic E-state index is 0.0910. The van der Waals surface area contributed by atoms with Crippen molar-refractivity contribution in [2.24, 2.45) is 0 Å². The van der Waals surface area contributed by atoms with Crippen LogP contribution in [-0.4, -0.2) is 39.0 Å². The summed E-state index contributed by atoms with van der Waals surface area (Å²) in [7, 11) is 0. The van der Waals surface area contributed by atoms with E-state index in [0.29, 0.717) is 32.8 Å². The molecule has 0 aromatic carbocycles. The van der Waals surface area contributed by atoms with Crippen molar-refractivity contribution >= 4 is 5.97 Å². The minimum Gasteiger partial charge on any atom is -0.463 e. The first-order chi connectivity index (χ1) is 13.8. The normalized spacial score (nSPS) is 11.1. The fourth-order valence-electron chi connectivity index (χ4n) is 3.17. The first kappa shape index (κ1) is 27.4. The van der Waals surface area contributed by atoms with Gasteiger partial charge in [0.15, 0.2) is 0 Å². The molecule has 0 aliphatic rings. The summed E-state index contributed by atoms with van der Waals surface area (Å²) in [5.74, 6) is -0.0910. The summed E-state index contributed by atoms with van der Waals surface area (Å²) in [6.45, 7) is 7.30. The van der Waals surface area contributed by atoms with Crippen LogP contribution in [0.25, 0.3) is 0 Å². The highest BCUT2D eigenvalue weighted by Crippen LogP contribution is 2.12. The van der Waals surface area contributed by atoms with Crippen LogP contribution < -0.4 is 0 Å². The van der Waals surface area contributed by atoms with Crippen LogP contribution in [0.4, 0.5) is 0 Å². The lowest BCUT2D eigenvalue weighted by molar-refractivity contribution is -0.145. The molecule has 0 amide bonds. The fourth-order valence-corrected chi connectivity index (χ4v) is 3.17. The maximum Gasteiger partial charge on any atom is 0.305 e. The van der Waals surface area contributed by atoms with Gasteiger partial charge in [0.2, 0.25) is 0 Å². The highest BCUT2D eigenvalue weighted by atomic mass is 16.6. The Hall–Kier alpha value is -0.610. The van der Waals surface area contributed by atoms with E-state index in [1.807, 2.05) is 0 Å². The van der Waals surface area contributed by atoms with Crippen molar-refractivity contribution in [2.45, 2.75) is 117 Å². The molecule has 0 aromatic rings. The average Bonchev–Trinajstić information content (AvgIpc) is 2.70. The Bertz CT molecular complexity index is 279. The van der Waals surface area contributed by atoms with Gasteiger partial charge in [0, 0.05) is 13.0 Å². The van der Waals surface area contributed by atoms with E-state index in [1.165, 1.54) is 77.0 Å². The molecule has 0 radical (unpaired) electrons. The molecule has 0 unspecified atom stereocenters. The third kappa shape index (κ3) is 23.4. The number of carbonyl (C=O) groups excluding carboxylic acids is 1. The Kier molecular flexibility index (Phi) is 23.9. The molecule has 0 aliphatic carbocycles. The molecule has 0 N–H and O–H groups in total. The Labute approximate surface area is 175 Å². The molecule has 0 heterocycles. The van der Waals surface area contributed by atoms with Gasteiger partial charge in [-0.2, -0.15) is 0 Å². The number of hydrogen-bond donors (Lipinski definition) is 0. The maximum absolute atomic E-state index is 11.7. The molecule has 0 bridgehead atoms. The maximum atomic E-state index is 11.7. The van der Waals surface area contributed by atoms with Crippen molar-refractivity contribution < 1.29 is 19.0 Å². The van der Waals surface area contributed by atoms with Gasteiger partial charge < -0.3 is 14.2 Å². The number of unbranched alkanes of at least 4 members (excludes halogenated alkanes) is 13. The summed E-state index contributed by atoms with van der Waals surface area (Å²) in [6, 6.07) is 0. The second-order valence-corrected chi connectivity index (χ2v) is 7.79. The summed E-state index contributed by atoms with van der Waals surface area (Å²) in [5, 5.41) is 0. The number of carbonyl (C=O) groups is 1. The Morgan fingerprint density at radius 2 is 0.929 bits per heavy atom. The molecule has 4 heteroatoms. The van der Waals surface area contributed by atoms with Crippen molar-refractivity contribution in [1.82, 2.24) is 0 Å². The van der Waals surface area contributed by atoms with Crippen LogP contribution in [0.2, 0.25) is 0 Å². The van der Waals surface area contributed by atoms with Crippen molar-refractivity contribution in [3.8, 4) is 0 Å². The van der Waals surface area contributed by atoms with Gasteiger partial charge in [-0.05, 0) is 12.8 Å². The first-order valence-corrected chi connectivity index (χ1v) is 12.1. The molecule has 0 aliphatic heterocycles. The van der Waals surface area contributed by atoms with Crippen molar-refractivity contribution in [3.05, 3.63) is 0 Å². The fraction of sp³-hybridized carbons (Fsp3) is 0.958. The van der Waals surface area contributed by atoms with E-state index in [2.05, 4.69) is 13.8 Å². The SMILES string of the molecule is CCCCCCCCCCCCCC(=O)OCCOCCOCCCCCC. The van der Waals surface area contributed by atoms with Crippen LogP contribution in [0.1, 0.15) is 117 Å². The number of rotatable bonds is 23. The summed E-state index contributed by atoms with van der Waals surface area (Å²) >= 11 is 0. The van der Waals surface area contributed by atoms with Crippen LogP contribution in [0.5, 0.6) is 0 Å². The predicted molar refractivity (Wildman–Crippen MR) is 118 cm³/mol. The molecule has 0 fully saturated rings. The van der Waals surface area contributed by atoms with E-state index < -0.39 is 0 Å². The molecule has 0 saturated carbocycles. The van der Waals surface area contributed by atoms with Crippen LogP contribution in [0, 0.1) is 0 Å². The molecule has 0 rings (SSSR count). The van der Waals surface area contributed by atoms with Gasteiger partial charge in [-0.15, -0.1) is 0 Å². The highest BCUT2D eigenvalue weighted by Gasteiger charge is 2.02. The zero-order valence-corrected chi connectivity index (χ0v) is 19.0. The van der Waals surface area contributed by atoms with E-state index in [0.717, 1.165) is 25.9 Å². The predicted octanol–water partition coefficient (Wildman–Crippen LogP) is 6.84. The number of hydrogen-bond acceptors (Lipinski definition) is 4. The quantitative estimate of drug-likeness (QED) is 0.139. The van der Waals surface area contributed by atoms with Gasteiger partial charge in [-0.1, -0.05) is 97.3 Å². The van der Waals surface area contributed by atoms with E-state index in [1.54, 1.807) is 0 Å². The van der Waals surface area contributed by atoms with Gasteiger partial charge in [0.1, 0.15) is 6.61 Å². The topological polar surface area (TPSA) is 44.8 Å². The minimum atomic E-state index is -0.0910. The summed E-state index contributed by atoms with van der Waals surface area (Å²) < 4.78 is 16.1. The van der Waals surface area contributed by atoms with Crippen LogP contribution in [-0.2, 0) is 19.0 Å². The van der Waals surface area contributed by atoms with Gasteiger partial charge in [-0.25, -0.2) is 0 Å². The lowest BCUT2D eigenvalue weighted by Gasteiger charge is -2.07. The van der Waals surface area contributed by atoms with Crippen LogP contribution in [0.3, 0.4) is 0 Å². The summed E-state index contributed by atoms with van der Waals surface area (Å²) in [5.41, 5.74) is 0. The van der Waals surface area contributed by atoms with Crippen LogP contribution >= 0.6 is 0 Å². The zero-order chi connectivity index (χ0) is 20.5. The van der Waals surface area contributed by atoms with Crippen LogP contribution in [0.15, 0.2) is 0 Å². The average molecular weight is 401 g/mol. The van der Waals surface area contributed by atoms with Gasteiger partial charge >= 0.3 is 5.97 Å². The molecular weight excluding hydrogens is 352 g/mol. The van der Waals surface area contributed by atoms with Gasteiger partial charge in [0.05, 0.1) is 19.8 Å². The van der Waals surface area contributed by atoms with E-state index in [9.17, 15) is 4.79 Å². The second-order valence-electron chi connectivity index (χ2n) is 7.79. The molecule has 4 nitrogen and oxygen atoms in total. The van der Waals surface area contributed by atoms with Crippen molar-refractivity contribution in [1.29, 1.82) is 0 Å². The standard InChI is InChI=1S/C24H48O4/c1-3-5-7-9-10-11-12-13-14-15-16-18-24(25)28-23-22-27-21-20-26-19-17-8-6-4-2/h3-23H2,1-2H3. The molecule has 28 heavy (non-hydrogen) atoms. The van der Waals surface area contributed by atoms with Crippen molar-refractivity contribution in [3.63, 3.8) is 0 Å². The summed E-state index contributed by atoms with van der Waals surface area (Å²) in [4.78, 5) is 11.7. The third-order valence-electron chi connectivity index (χ3n) is 4.99. The summed E-state index contributed by atoms with van der Waals surface area (Å²) in [6.07, 6.45) is 19.7. The van der Waals surface area contributed by atoms with Gasteiger partial charge in [0.25, 0.3) is 0 Å². The second kappa shape index (κ2) is 24.4. The Morgan fingerprint density at radius 1 is 0.500 bits per heavy atom. The number of ether oxygens (including phenoxy) is 3. The lowest BCUT2D eigenvalue weighted by atomic mass is 10.1. The van der Waals surface area contributed by atoms with E-state index in [-0.39, 0.29) is 5.97 Å². The third-order valence-corrected chi connectivity index (χ3v) is 4.99. The van der Waals surface area contributed by atoms with Gasteiger partial charge in [-0.3, -0.25) is 4.79 Å². The molecule has 0 spiro atoms. The Balaban J connectivity index is 3.13. The zero-order valence-electron chi connectivity index (χ0n) is 19.0. The Morgan fingerprint density at radius 3 is 1.50 bits per heavy atom. The largest absolute Gasteiger partial charge is 0.463 e. The monoisotopic (exact) mass is 400 g/mol. The lowest BCUT2D eigenvalue weighted by Crippen LogP contribution is -2.13.